The largest absolute Gasteiger partial charge is 0.504 e. The van der Waals surface area contributed by atoms with Crippen molar-refractivity contribution in [2.45, 2.75) is 19.8 Å². The molecule has 0 saturated carbocycles. The molecule has 1 aromatic rings. The van der Waals surface area contributed by atoms with Gasteiger partial charge in [-0.15, -0.1) is 6.42 Å². The Morgan fingerprint density at radius 1 is 1.50 bits per heavy atom. The second-order valence-corrected chi connectivity index (χ2v) is 3.03. The molecule has 0 unspecified atom stereocenters. The molecule has 0 atom stereocenters. The molecule has 0 heterocycles. The van der Waals surface area contributed by atoms with E-state index in [-0.39, 0.29) is 5.75 Å². The topological polar surface area (TPSA) is 29.5 Å². The van der Waals surface area contributed by atoms with Gasteiger partial charge in [0, 0.05) is 5.56 Å². The summed E-state index contributed by atoms with van der Waals surface area (Å²) in [5, 5.41) is 9.50. The summed E-state index contributed by atoms with van der Waals surface area (Å²) < 4.78 is 5.36. The summed E-state index contributed by atoms with van der Waals surface area (Å²) in [5.41, 5.74) is 0.658. The Balaban J connectivity index is 2.65. The fourth-order valence-electron chi connectivity index (χ4n) is 1.06. The van der Waals surface area contributed by atoms with Crippen LogP contribution >= 0.6 is 0 Å². The third kappa shape index (κ3) is 2.70. The van der Waals surface area contributed by atoms with Crippen molar-refractivity contribution in [2.75, 3.05) is 6.61 Å². The number of phenolic OH excluding ortho intramolecular Hbond substituents is 1. The summed E-state index contributed by atoms with van der Waals surface area (Å²) >= 11 is 0. The van der Waals surface area contributed by atoms with Crippen LogP contribution in [0.5, 0.6) is 11.5 Å². The van der Waals surface area contributed by atoms with Gasteiger partial charge in [0.05, 0.1) is 6.61 Å². The molecule has 0 radical (unpaired) electrons. The number of aromatic hydroxyl groups is 1. The standard InChI is InChI=1S/C12H14O2/c1-3-5-8-14-12-7-6-10(4-2)9-11(12)13/h2,6-7,9,13H,3,5,8H2,1H3. The highest BCUT2D eigenvalue weighted by molar-refractivity contribution is 5.46. The van der Waals surface area contributed by atoms with E-state index in [4.69, 9.17) is 11.2 Å². The summed E-state index contributed by atoms with van der Waals surface area (Å²) in [7, 11) is 0. The van der Waals surface area contributed by atoms with Gasteiger partial charge in [-0.1, -0.05) is 19.3 Å². The lowest BCUT2D eigenvalue weighted by Gasteiger charge is -2.07. The van der Waals surface area contributed by atoms with E-state index < -0.39 is 0 Å². The molecule has 0 aromatic heterocycles. The van der Waals surface area contributed by atoms with Crippen molar-refractivity contribution in [3.8, 4) is 23.8 Å². The number of hydrogen-bond acceptors (Lipinski definition) is 2. The molecule has 0 fully saturated rings. The summed E-state index contributed by atoms with van der Waals surface area (Å²) in [6.07, 6.45) is 7.24. The first-order chi connectivity index (χ1) is 6.77. The number of unbranched alkanes of at least 4 members (excludes halogenated alkanes) is 1. The number of phenols is 1. The van der Waals surface area contributed by atoms with Crippen molar-refractivity contribution in [2.24, 2.45) is 0 Å². The highest BCUT2D eigenvalue weighted by Crippen LogP contribution is 2.26. The van der Waals surface area contributed by atoms with E-state index in [9.17, 15) is 5.11 Å². The van der Waals surface area contributed by atoms with E-state index >= 15 is 0 Å². The Morgan fingerprint density at radius 2 is 2.29 bits per heavy atom. The smallest absolute Gasteiger partial charge is 0.160 e. The predicted molar refractivity (Wildman–Crippen MR) is 56.4 cm³/mol. The van der Waals surface area contributed by atoms with Gasteiger partial charge in [0.2, 0.25) is 0 Å². The molecule has 1 aromatic carbocycles. The number of hydrogen-bond donors (Lipinski definition) is 1. The van der Waals surface area contributed by atoms with Gasteiger partial charge in [0.1, 0.15) is 0 Å². The van der Waals surface area contributed by atoms with Crippen LogP contribution in [0.25, 0.3) is 0 Å². The maximum absolute atomic E-state index is 9.50. The van der Waals surface area contributed by atoms with E-state index in [1.165, 1.54) is 6.07 Å². The molecule has 0 saturated heterocycles. The highest BCUT2D eigenvalue weighted by Gasteiger charge is 2.01. The van der Waals surface area contributed by atoms with Crippen molar-refractivity contribution in [1.29, 1.82) is 0 Å². The van der Waals surface area contributed by atoms with Gasteiger partial charge < -0.3 is 9.84 Å². The molecule has 14 heavy (non-hydrogen) atoms. The zero-order valence-electron chi connectivity index (χ0n) is 8.29. The molecule has 1 rings (SSSR count). The molecular weight excluding hydrogens is 176 g/mol. The van der Waals surface area contributed by atoms with Crippen LogP contribution in [0.2, 0.25) is 0 Å². The van der Waals surface area contributed by atoms with Gasteiger partial charge in [-0.05, 0) is 24.6 Å². The normalized spacial score (nSPS) is 9.43. The molecule has 0 aliphatic heterocycles. The van der Waals surface area contributed by atoms with Gasteiger partial charge in [-0.2, -0.15) is 0 Å². The minimum Gasteiger partial charge on any atom is -0.504 e. The molecule has 2 heteroatoms. The Kier molecular flexibility index (Phi) is 3.87. The van der Waals surface area contributed by atoms with Crippen LogP contribution in [0.15, 0.2) is 18.2 Å². The maximum Gasteiger partial charge on any atom is 0.160 e. The Morgan fingerprint density at radius 3 is 2.86 bits per heavy atom. The van der Waals surface area contributed by atoms with Gasteiger partial charge in [0.15, 0.2) is 11.5 Å². The number of benzene rings is 1. The van der Waals surface area contributed by atoms with Crippen molar-refractivity contribution >= 4 is 0 Å². The molecule has 0 aliphatic rings. The molecular formula is C12H14O2. The van der Waals surface area contributed by atoms with Crippen LogP contribution in [-0.4, -0.2) is 11.7 Å². The number of rotatable bonds is 4. The van der Waals surface area contributed by atoms with E-state index in [1.807, 2.05) is 0 Å². The predicted octanol–water partition coefficient (Wildman–Crippen LogP) is 2.55. The van der Waals surface area contributed by atoms with Gasteiger partial charge in [-0.25, -0.2) is 0 Å². The number of terminal acetylenes is 1. The van der Waals surface area contributed by atoms with Crippen LogP contribution in [-0.2, 0) is 0 Å². The van der Waals surface area contributed by atoms with Crippen LogP contribution < -0.4 is 4.74 Å². The van der Waals surface area contributed by atoms with E-state index in [2.05, 4.69) is 12.8 Å². The first-order valence-electron chi connectivity index (χ1n) is 4.70. The lowest BCUT2D eigenvalue weighted by atomic mass is 10.2. The van der Waals surface area contributed by atoms with Gasteiger partial charge in [-0.3, -0.25) is 0 Å². The van der Waals surface area contributed by atoms with E-state index in [1.54, 1.807) is 12.1 Å². The van der Waals surface area contributed by atoms with Crippen molar-refractivity contribution < 1.29 is 9.84 Å². The molecule has 0 spiro atoms. The van der Waals surface area contributed by atoms with Crippen molar-refractivity contribution in [3.63, 3.8) is 0 Å². The Labute approximate surface area is 84.5 Å². The quantitative estimate of drug-likeness (QED) is 0.584. The monoisotopic (exact) mass is 190 g/mol. The van der Waals surface area contributed by atoms with Gasteiger partial charge in [0.25, 0.3) is 0 Å². The summed E-state index contributed by atoms with van der Waals surface area (Å²) in [6.45, 7) is 2.71. The van der Waals surface area contributed by atoms with Crippen LogP contribution in [0.3, 0.4) is 0 Å². The summed E-state index contributed by atoms with van der Waals surface area (Å²) in [5.74, 6) is 3.05. The fraction of sp³-hybridized carbons (Fsp3) is 0.333. The minimum atomic E-state index is 0.108. The first kappa shape index (κ1) is 10.5. The molecule has 0 aliphatic carbocycles. The van der Waals surface area contributed by atoms with Crippen LogP contribution in [0, 0.1) is 12.3 Å². The minimum absolute atomic E-state index is 0.108. The Bertz CT molecular complexity index is 337. The summed E-state index contributed by atoms with van der Waals surface area (Å²) in [6, 6.07) is 4.97. The fourth-order valence-corrected chi connectivity index (χ4v) is 1.06. The third-order valence-electron chi connectivity index (χ3n) is 1.88. The zero-order valence-corrected chi connectivity index (χ0v) is 8.29. The maximum atomic E-state index is 9.50. The summed E-state index contributed by atoms with van der Waals surface area (Å²) in [4.78, 5) is 0. The number of ether oxygens (including phenoxy) is 1. The van der Waals surface area contributed by atoms with Crippen LogP contribution in [0.4, 0.5) is 0 Å². The van der Waals surface area contributed by atoms with E-state index in [0.717, 1.165) is 12.8 Å². The molecule has 0 amide bonds. The lowest BCUT2D eigenvalue weighted by molar-refractivity contribution is 0.293. The second kappa shape index (κ2) is 5.18. The first-order valence-corrected chi connectivity index (χ1v) is 4.70. The van der Waals surface area contributed by atoms with Crippen molar-refractivity contribution in [1.82, 2.24) is 0 Å². The van der Waals surface area contributed by atoms with Crippen LogP contribution in [0.1, 0.15) is 25.3 Å². The molecule has 74 valence electrons. The highest BCUT2D eigenvalue weighted by atomic mass is 16.5. The molecule has 2 nitrogen and oxygen atoms in total. The van der Waals surface area contributed by atoms with Crippen molar-refractivity contribution in [3.05, 3.63) is 23.8 Å². The molecule has 1 N–H and O–H groups in total. The Hall–Kier alpha value is -1.62. The zero-order chi connectivity index (χ0) is 10.4. The van der Waals surface area contributed by atoms with E-state index in [0.29, 0.717) is 17.9 Å². The average molecular weight is 190 g/mol. The second-order valence-electron chi connectivity index (χ2n) is 3.03. The third-order valence-corrected chi connectivity index (χ3v) is 1.88. The lowest BCUT2D eigenvalue weighted by Crippen LogP contribution is -1.96. The average Bonchev–Trinajstić information content (AvgIpc) is 2.20. The molecule has 0 bridgehead atoms. The van der Waals surface area contributed by atoms with Gasteiger partial charge >= 0.3 is 0 Å². The SMILES string of the molecule is C#Cc1ccc(OCCCC)c(O)c1.